The molecule has 0 N–H and O–H groups in total. The van der Waals surface area contributed by atoms with Crippen molar-refractivity contribution < 1.29 is 32.7 Å². The second kappa shape index (κ2) is 20.2. The third kappa shape index (κ3) is 19.2. The molecule has 105 valence electrons. The van der Waals surface area contributed by atoms with Crippen LogP contribution in [0, 0.1) is 6.92 Å². The first-order valence-electron chi connectivity index (χ1n) is 7.86. The predicted octanol–water partition coefficient (Wildman–Crippen LogP) is 6.47. The Hall–Kier alpha value is 0.844. The molecule has 0 atom stereocenters. The van der Waals surface area contributed by atoms with Crippen LogP contribution in [0.1, 0.15) is 90.4 Å². The summed E-state index contributed by atoms with van der Waals surface area (Å²) in [5.74, 6) is 0. The van der Waals surface area contributed by atoms with Gasteiger partial charge in [-0.2, -0.15) is 6.42 Å². The molecule has 0 bridgehead atoms. The molecule has 0 unspecified atom stereocenters. The Morgan fingerprint density at radius 1 is 0.667 bits per heavy atom. The minimum atomic E-state index is 0. The summed E-state index contributed by atoms with van der Waals surface area (Å²) in [6.45, 7) is 6.14. The fourth-order valence-electron chi connectivity index (χ4n) is 2.07. The molecule has 1 heteroatoms. The van der Waals surface area contributed by atoms with Crippen LogP contribution in [0.25, 0.3) is 0 Å². The van der Waals surface area contributed by atoms with Gasteiger partial charge in [0.25, 0.3) is 0 Å². The van der Waals surface area contributed by atoms with Crippen molar-refractivity contribution in [1.29, 1.82) is 0 Å². The van der Waals surface area contributed by atoms with Crippen LogP contribution in [0.5, 0.6) is 0 Å². The van der Waals surface area contributed by atoms with Crippen molar-refractivity contribution in [3.8, 4) is 0 Å². The summed E-state index contributed by atoms with van der Waals surface area (Å²) in [5, 5.41) is 0. The zero-order valence-electron chi connectivity index (χ0n) is 12.6. The monoisotopic (exact) mass is 326 g/mol. The molecule has 0 heterocycles. The van der Waals surface area contributed by atoms with Gasteiger partial charge in [0.15, 0.2) is 0 Å². The first-order valence-corrected chi connectivity index (χ1v) is 7.86. The molecular formula is C17H33Y-. The smallest absolute Gasteiger partial charge is 0 e. The molecule has 18 heavy (non-hydrogen) atoms. The van der Waals surface area contributed by atoms with Crippen molar-refractivity contribution in [3.63, 3.8) is 0 Å². The Labute approximate surface area is 141 Å². The van der Waals surface area contributed by atoms with Gasteiger partial charge in [-0.15, -0.1) is 0 Å². The molecule has 0 aromatic carbocycles. The molecular weight excluding hydrogens is 293 g/mol. The van der Waals surface area contributed by atoms with E-state index in [2.05, 4.69) is 26.0 Å². The molecule has 0 aliphatic carbocycles. The molecule has 0 aromatic rings. The number of hydrogen-bond acceptors (Lipinski definition) is 0. The Bertz CT molecular complexity index is 152. The fraction of sp³-hybridized carbons (Fsp3) is 0.824. The van der Waals surface area contributed by atoms with Crippen LogP contribution in [0.2, 0.25) is 0 Å². The van der Waals surface area contributed by atoms with Crippen molar-refractivity contribution in [3.05, 3.63) is 19.1 Å². The fourth-order valence-corrected chi connectivity index (χ4v) is 2.07. The van der Waals surface area contributed by atoms with Crippen LogP contribution in [-0.2, 0) is 32.7 Å². The topological polar surface area (TPSA) is 0 Å². The van der Waals surface area contributed by atoms with Crippen LogP contribution >= 0.6 is 0 Å². The molecule has 0 spiro atoms. The molecule has 0 aliphatic rings. The van der Waals surface area contributed by atoms with Gasteiger partial charge in [0.1, 0.15) is 0 Å². The van der Waals surface area contributed by atoms with Crippen LogP contribution in [0.4, 0.5) is 0 Å². The van der Waals surface area contributed by atoms with Gasteiger partial charge in [0, 0.05) is 32.7 Å². The molecule has 0 fully saturated rings. The summed E-state index contributed by atoms with van der Waals surface area (Å²) in [5.41, 5.74) is 0. The van der Waals surface area contributed by atoms with E-state index in [9.17, 15) is 0 Å². The van der Waals surface area contributed by atoms with Crippen LogP contribution < -0.4 is 0 Å². The number of rotatable bonds is 13. The van der Waals surface area contributed by atoms with Crippen molar-refractivity contribution >= 4 is 0 Å². The summed E-state index contributed by atoms with van der Waals surface area (Å²) in [7, 11) is 0. The minimum Gasteiger partial charge on any atom is -0.343 e. The zero-order chi connectivity index (χ0) is 12.6. The van der Waals surface area contributed by atoms with Crippen molar-refractivity contribution in [2.24, 2.45) is 0 Å². The molecule has 0 amide bonds. The Morgan fingerprint density at radius 3 is 1.61 bits per heavy atom. The van der Waals surface area contributed by atoms with Gasteiger partial charge < -0.3 is 6.92 Å². The van der Waals surface area contributed by atoms with E-state index in [4.69, 9.17) is 0 Å². The number of allylic oxidation sites excluding steroid dienone is 2. The molecule has 0 aromatic heterocycles. The van der Waals surface area contributed by atoms with E-state index in [1.807, 2.05) is 0 Å². The summed E-state index contributed by atoms with van der Waals surface area (Å²) in [6, 6.07) is 0. The maximum Gasteiger partial charge on any atom is 0 e. The van der Waals surface area contributed by atoms with E-state index >= 15 is 0 Å². The van der Waals surface area contributed by atoms with Crippen LogP contribution in [0.3, 0.4) is 0 Å². The summed E-state index contributed by atoms with van der Waals surface area (Å²) >= 11 is 0. The molecule has 0 saturated heterocycles. The largest absolute Gasteiger partial charge is 0.343 e. The van der Waals surface area contributed by atoms with Crippen molar-refractivity contribution in [1.82, 2.24) is 0 Å². The second-order valence-corrected chi connectivity index (χ2v) is 5.08. The average molecular weight is 326 g/mol. The van der Waals surface area contributed by atoms with Crippen LogP contribution in [0.15, 0.2) is 12.2 Å². The molecule has 0 aliphatic heterocycles. The number of unbranched alkanes of at least 4 members (excludes halogenated alkanes) is 11. The van der Waals surface area contributed by atoms with Gasteiger partial charge in [0.2, 0.25) is 0 Å². The normalized spacial score (nSPS) is 10.8. The molecule has 1 radical (unpaired) electrons. The molecule has 0 saturated carbocycles. The Morgan fingerprint density at radius 2 is 1.11 bits per heavy atom. The standard InChI is InChI=1S/C17H33.Y/c1-3-5-7-9-11-13-15-17-16-14-12-10-8-6-4-2;/h15,17H,1,3-14,16H2,2H3;/q-1;/b17-15-;. The SMILES string of the molecule is [CH2-]CCCCCC/C=C\CCCCCCCC.[Y]. The predicted molar refractivity (Wildman–Crippen MR) is 80.2 cm³/mol. The van der Waals surface area contributed by atoms with E-state index < -0.39 is 0 Å². The molecule has 0 nitrogen and oxygen atoms in total. The Balaban J connectivity index is 0. The van der Waals surface area contributed by atoms with Gasteiger partial charge in [-0.3, -0.25) is 0 Å². The molecule has 0 rings (SSSR count). The van der Waals surface area contributed by atoms with E-state index in [-0.39, 0.29) is 32.7 Å². The summed E-state index contributed by atoms with van der Waals surface area (Å²) < 4.78 is 0. The summed E-state index contributed by atoms with van der Waals surface area (Å²) in [4.78, 5) is 0. The van der Waals surface area contributed by atoms with E-state index in [1.54, 1.807) is 0 Å². The third-order valence-electron chi connectivity index (χ3n) is 3.26. The van der Waals surface area contributed by atoms with Crippen LogP contribution in [-0.4, -0.2) is 0 Å². The van der Waals surface area contributed by atoms with Gasteiger partial charge in [-0.25, -0.2) is 0 Å². The average Bonchev–Trinajstić information content (AvgIpc) is 2.35. The van der Waals surface area contributed by atoms with Gasteiger partial charge >= 0.3 is 0 Å². The van der Waals surface area contributed by atoms with Crippen molar-refractivity contribution in [2.75, 3.05) is 0 Å². The van der Waals surface area contributed by atoms with E-state index in [0.29, 0.717) is 0 Å². The second-order valence-electron chi connectivity index (χ2n) is 5.08. The van der Waals surface area contributed by atoms with E-state index in [0.717, 1.165) is 6.42 Å². The van der Waals surface area contributed by atoms with Gasteiger partial charge in [0.05, 0.1) is 0 Å². The zero-order valence-corrected chi connectivity index (χ0v) is 15.5. The first kappa shape index (κ1) is 21.1. The quantitative estimate of drug-likeness (QED) is 0.207. The van der Waals surface area contributed by atoms with Gasteiger partial charge in [-0.05, 0) is 25.7 Å². The van der Waals surface area contributed by atoms with E-state index in [1.165, 1.54) is 77.0 Å². The first-order chi connectivity index (χ1) is 8.41. The number of hydrogen-bond donors (Lipinski definition) is 0. The van der Waals surface area contributed by atoms with Crippen molar-refractivity contribution in [2.45, 2.75) is 90.4 Å². The maximum absolute atomic E-state index is 3.87. The third-order valence-corrected chi connectivity index (χ3v) is 3.26. The Kier molecular flexibility index (Phi) is 23.7. The maximum atomic E-state index is 3.87. The van der Waals surface area contributed by atoms with Gasteiger partial charge in [-0.1, -0.05) is 70.4 Å². The minimum absolute atomic E-state index is 0. The summed E-state index contributed by atoms with van der Waals surface area (Å²) in [6.07, 6.45) is 22.4.